The lowest BCUT2D eigenvalue weighted by atomic mass is 10.0. The first-order valence-corrected chi connectivity index (χ1v) is 8.42. The van der Waals surface area contributed by atoms with Crippen LogP contribution in [0.4, 0.5) is 10.1 Å². The molecule has 0 unspecified atom stereocenters. The topological polar surface area (TPSA) is 100 Å². The van der Waals surface area contributed by atoms with Crippen molar-refractivity contribution >= 4 is 29.2 Å². The lowest BCUT2D eigenvalue weighted by Gasteiger charge is -2.05. The zero-order valence-electron chi connectivity index (χ0n) is 14.7. The standard InChI is InChI=1S/C19H21FN4O2/c1-10-16(23-11(2)17(10)19(26)22-7-3-6-21)9-14-13-8-12(20)4-5-15(13)24-18(14)25/h4-5,8-9,23H,3,6-7,21H2,1-2H3,(H,22,26)(H,24,25). The molecule has 1 aromatic heterocycles. The Hall–Kier alpha value is -2.93. The number of nitrogens with one attached hydrogen (secondary N) is 3. The van der Waals surface area contributed by atoms with Crippen molar-refractivity contribution in [2.75, 3.05) is 18.4 Å². The third kappa shape index (κ3) is 3.25. The van der Waals surface area contributed by atoms with E-state index >= 15 is 0 Å². The number of benzene rings is 1. The van der Waals surface area contributed by atoms with Gasteiger partial charge < -0.3 is 21.4 Å². The third-order valence-corrected chi connectivity index (χ3v) is 4.42. The smallest absolute Gasteiger partial charge is 0.256 e. The van der Waals surface area contributed by atoms with Crippen molar-refractivity contribution in [1.29, 1.82) is 0 Å². The molecule has 0 radical (unpaired) electrons. The summed E-state index contributed by atoms with van der Waals surface area (Å²) in [6, 6.07) is 4.16. The van der Waals surface area contributed by atoms with Crippen molar-refractivity contribution in [1.82, 2.24) is 10.3 Å². The molecule has 136 valence electrons. The molecule has 2 heterocycles. The zero-order chi connectivity index (χ0) is 18.8. The minimum Gasteiger partial charge on any atom is -0.358 e. The number of nitrogens with two attached hydrogens (primary N) is 1. The van der Waals surface area contributed by atoms with Gasteiger partial charge >= 0.3 is 0 Å². The average Bonchev–Trinajstić information content (AvgIpc) is 3.04. The molecule has 1 aromatic carbocycles. The van der Waals surface area contributed by atoms with Gasteiger partial charge in [-0.05, 0) is 56.7 Å². The minimum atomic E-state index is -0.412. The molecule has 0 saturated carbocycles. The van der Waals surface area contributed by atoms with Gasteiger partial charge in [-0.15, -0.1) is 0 Å². The van der Waals surface area contributed by atoms with Crippen molar-refractivity contribution in [2.45, 2.75) is 20.3 Å². The highest BCUT2D eigenvalue weighted by molar-refractivity contribution is 6.34. The van der Waals surface area contributed by atoms with Crippen LogP contribution in [0.5, 0.6) is 0 Å². The van der Waals surface area contributed by atoms with E-state index in [-0.39, 0.29) is 11.8 Å². The highest BCUT2D eigenvalue weighted by Crippen LogP contribution is 2.34. The molecule has 6 nitrogen and oxygen atoms in total. The van der Waals surface area contributed by atoms with Crippen molar-refractivity contribution in [2.24, 2.45) is 5.73 Å². The first kappa shape index (κ1) is 17.9. The second-order valence-electron chi connectivity index (χ2n) is 6.26. The molecular formula is C19H21FN4O2. The Kier molecular flexibility index (Phi) is 4.90. The summed E-state index contributed by atoms with van der Waals surface area (Å²) in [5.41, 5.74) is 9.52. The molecule has 26 heavy (non-hydrogen) atoms. The molecule has 0 atom stereocenters. The molecule has 0 bridgehead atoms. The molecule has 5 N–H and O–H groups in total. The van der Waals surface area contributed by atoms with Crippen LogP contribution in [0.15, 0.2) is 18.2 Å². The first-order chi connectivity index (χ1) is 12.4. The number of hydrogen-bond acceptors (Lipinski definition) is 3. The van der Waals surface area contributed by atoms with Crippen LogP contribution in [-0.4, -0.2) is 29.9 Å². The number of aromatic amines is 1. The molecule has 7 heteroatoms. The van der Waals surface area contributed by atoms with Gasteiger partial charge in [0, 0.05) is 29.2 Å². The number of aryl methyl sites for hydroxylation is 1. The lowest BCUT2D eigenvalue weighted by molar-refractivity contribution is -0.110. The first-order valence-electron chi connectivity index (χ1n) is 8.42. The van der Waals surface area contributed by atoms with Gasteiger partial charge in [-0.25, -0.2) is 4.39 Å². The second-order valence-corrected chi connectivity index (χ2v) is 6.26. The van der Waals surface area contributed by atoms with E-state index < -0.39 is 5.82 Å². The summed E-state index contributed by atoms with van der Waals surface area (Å²) in [4.78, 5) is 27.8. The normalized spacial score (nSPS) is 14.5. The van der Waals surface area contributed by atoms with E-state index in [0.29, 0.717) is 53.3 Å². The van der Waals surface area contributed by atoms with E-state index in [4.69, 9.17) is 5.73 Å². The number of hydrogen-bond donors (Lipinski definition) is 4. The molecular weight excluding hydrogens is 335 g/mol. The maximum absolute atomic E-state index is 13.6. The van der Waals surface area contributed by atoms with Gasteiger partial charge in [0.15, 0.2) is 0 Å². The summed E-state index contributed by atoms with van der Waals surface area (Å²) in [7, 11) is 0. The fourth-order valence-electron chi connectivity index (χ4n) is 3.10. The van der Waals surface area contributed by atoms with Crippen molar-refractivity contribution in [3.8, 4) is 0 Å². The van der Waals surface area contributed by atoms with Crippen LogP contribution in [0.25, 0.3) is 11.6 Å². The van der Waals surface area contributed by atoms with E-state index in [1.54, 1.807) is 13.0 Å². The fourth-order valence-corrected chi connectivity index (χ4v) is 3.10. The Morgan fingerprint density at radius 3 is 2.85 bits per heavy atom. The Labute approximate surface area is 150 Å². The van der Waals surface area contributed by atoms with E-state index in [1.807, 2.05) is 6.92 Å². The van der Waals surface area contributed by atoms with Crippen LogP contribution in [0.2, 0.25) is 0 Å². The van der Waals surface area contributed by atoms with E-state index in [2.05, 4.69) is 15.6 Å². The minimum absolute atomic E-state index is 0.184. The van der Waals surface area contributed by atoms with Gasteiger partial charge in [0.25, 0.3) is 11.8 Å². The maximum atomic E-state index is 13.6. The Morgan fingerprint density at radius 2 is 2.12 bits per heavy atom. The monoisotopic (exact) mass is 356 g/mol. The molecule has 0 spiro atoms. The van der Waals surface area contributed by atoms with Gasteiger partial charge in [-0.3, -0.25) is 9.59 Å². The average molecular weight is 356 g/mol. The Morgan fingerprint density at radius 1 is 1.35 bits per heavy atom. The van der Waals surface area contributed by atoms with Gasteiger partial charge in [-0.2, -0.15) is 0 Å². The third-order valence-electron chi connectivity index (χ3n) is 4.42. The van der Waals surface area contributed by atoms with Crippen LogP contribution in [0, 0.1) is 19.7 Å². The van der Waals surface area contributed by atoms with Gasteiger partial charge in [-0.1, -0.05) is 0 Å². The van der Waals surface area contributed by atoms with E-state index in [1.165, 1.54) is 18.2 Å². The Balaban J connectivity index is 1.96. The maximum Gasteiger partial charge on any atom is 0.256 e. The lowest BCUT2D eigenvalue weighted by Crippen LogP contribution is -2.26. The number of carbonyl (C=O) groups is 2. The van der Waals surface area contributed by atoms with Gasteiger partial charge in [0.2, 0.25) is 0 Å². The highest BCUT2D eigenvalue weighted by atomic mass is 19.1. The molecule has 0 fully saturated rings. The molecule has 2 aromatic rings. The van der Waals surface area contributed by atoms with Crippen LogP contribution < -0.4 is 16.4 Å². The van der Waals surface area contributed by atoms with Crippen LogP contribution >= 0.6 is 0 Å². The predicted octanol–water partition coefficient (Wildman–Crippen LogP) is 2.34. The summed E-state index contributed by atoms with van der Waals surface area (Å²) >= 11 is 0. The molecule has 2 amide bonds. The summed E-state index contributed by atoms with van der Waals surface area (Å²) in [6.45, 7) is 4.63. The number of amides is 2. The highest BCUT2D eigenvalue weighted by Gasteiger charge is 2.26. The summed E-state index contributed by atoms with van der Waals surface area (Å²) in [5.74, 6) is -0.895. The number of halogens is 1. The second kappa shape index (κ2) is 7.13. The van der Waals surface area contributed by atoms with Crippen molar-refractivity contribution in [3.05, 3.63) is 52.1 Å². The molecule has 3 rings (SSSR count). The number of anilines is 1. The number of carbonyl (C=O) groups excluding carboxylic acids is 2. The fraction of sp³-hybridized carbons (Fsp3) is 0.263. The van der Waals surface area contributed by atoms with Crippen LogP contribution in [0.1, 0.15) is 39.3 Å². The number of H-pyrrole nitrogens is 1. The molecule has 1 aliphatic heterocycles. The predicted molar refractivity (Wildman–Crippen MR) is 99.2 cm³/mol. The van der Waals surface area contributed by atoms with Crippen LogP contribution in [0.3, 0.4) is 0 Å². The van der Waals surface area contributed by atoms with E-state index in [0.717, 1.165) is 5.56 Å². The van der Waals surface area contributed by atoms with Crippen molar-refractivity contribution in [3.63, 3.8) is 0 Å². The van der Waals surface area contributed by atoms with Gasteiger partial charge in [0.1, 0.15) is 5.82 Å². The van der Waals surface area contributed by atoms with Crippen molar-refractivity contribution < 1.29 is 14.0 Å². The SMILES string of the molecule is Cc1[nH]c(C=C2C(=O)Nc3ccc(F)cc32)c(C)c1C(=O)NCCCN. The van der Waals surface area contributed by atoms with Crippen LogP contribution in [-0.2, 0) is 4.79 Å². The molecule has 0 aliphatic carbocycles. The Bertz CT molecular complexity index is 915. The number of rotatable bonds is 5. The largest absolute Gasteiger partial charge is 0.358 e. The van der Waals surface area contributed by atoms with Gasteiger partial charge in [0.05, 0.1) is 11.1 Å². The zero-order valence-corrected chi connectivity index (χ0v) is 14.7. The quantitative estimate of drug-likeness (QED) is 0.489. The van der Waals surface area contributed by atoms with E-state index in [9.17, 15) is 14.0 Å². The molecule has 1 aliphatic rings. The summed E-state index contributed by atoms with van der Waals surface area (Å²) in [6.07, 6.45) is 2.35. The molecule has 0 saturated heterocycles. The summed E-state index contributed by atoms with van der Waals surface area (Å²) < 4.78 is 13.6. The number of aromatic nitrogens is 1. The number of fused-ring (bicyclic) bond motifs is 1. The summed E-state index contributed by atoms with van der Waals surface area (Å²) in [5, 5.41) is 5.55.